The van der Waals surface area contributed by atoms with E-state index in [1.54, 1.807) is 24.3 Å². The van der Waals surface area contributed by atoms with Gasteiger partial charge in [-0.15, -0.1) is 0 Å². The van der Waals surface area contributed by atoms with Crippen molar-refractivity contribution in [1.29, 1.82) is 0 Å². The molecular formula is C19H29N3O4S. The highest BCUT2D eigenvalue weighted by Gasteiger charge is 2.34. The quantitative estimate of drug-likeness (QED) is 0.545. The fourth-order valence-corrected chi connectivity index (χ4v) is 5.04. The summed E-state index contributed by atoms with van der Waals surface area (Å²) in [5.41, 5.74) is 0.879. The van der Waals surface area contributed by atoms with Crippen LogP contribution in [0.4, 0.5) is 0 Å². The maximum atomic E-state index is 12.2. The van der Waals surface area contributed by atoms with Crippen LogP contribution in [-0.4, -0.2) is 46.7 Å². The summed E-state index contributed by atoms with van der Waals surface area (Å²) in [6, 6.07) is 7.76. The van der Waals surface area contributed by atoms with Crippen molar-refractivity contribution in [3.63, 3.8) is 0 Å². The van der Waals surface area contributed by atoms with Gasteiger partial charge in [0.25, 0.3) is 0 Å². The van der Waals surface area contributed by atoms with Crippen molar-refractivity contribution in [1.82, 2.24) is 15.4 Å². The van der Waals surface area contributed by atoms with Crippen LogP contribution in [0.2, 0.25) is 0 Å². The smallest absolute Gasteiger partial charge is 0.240 e. The van der Waals surface area contributed by atoms with Crippen LogP contribution in [-0.2, 0) is 26.1 Å². The van der Waals surface area contributed by atoms with Crippen molar-refractivity contribution < 1.29 is 17.9 Å². The Morgan fingerprint density at radius 1 is 1.19 bits per heavy atom. The Labute approximate surface area is 161 Å². The van der Waals surface area contributed by atoms with E-state index in [0.29, 0.717) is 37.6 Å². The van der Waals surface area contributed by atoms with Crippen LogP contribution in [0, 0.1) is 5.92 Å². The molecule has 2 aliphatic heterocycles. The zero-order valence-corrected chi connectivity index (χ0v) is 16.6. The van der Waals surface area contributed by atoms with Gasteiger partial charge >= 0.3 is 0 Å². The van der Waals surface area contributed by atoms with E-state index >= 15 is 0 Å². The number of nitrogens with one attached hydrogen (secondary N) is 3. The average molecular weight is 396 g/mol. The van der Waals surface area contributed by atoms with E-state index in [2.05, 4.69) is 15.4 Å². The van der Waals surface area contributed by atoms with E-state index in [9.17, 15) is 13.2 Å². The molecule has 0 radical (unpaired) electrons. The van der Waals surface area contributed by atoms with Gasteiger partial charge < -0.3 is 15.4 Å². The van der Waals surface area contributed by atoms with E-state index in [4.69, 9.17) is 4.74 Å². The molecule has 150 valence electrons. The van der Waals surface area contributed by atoms with Crippen LogP contribution in [0.3, 0.4) is 0 Å². The van der Waals surface area contributed by atoms with Crippen LogP contribution in [0.15, 0.2) is 29.2 Å². The van der Waals surface area contributed by atoms with Gasteiger partial charge in [0.2, 0.25) is 15.9 Å². The van der Waals surface area contributed by atoms with Gasteiger partial charge in [-0.25, -0.2) is 13.1 Å². The Bertz CT molecular complexity index is 724. The lowest BCUT2D eigenvalue weighted by atomic mass is 9.89. The van der Waals surface area contributed by atoms with Crippen molar-refractivity contribution in [3.8, 4) is 0 Å². The summed E-state index contributed by atoms with van der Waals surface area (Å²) in [4.78, 5) is 12.4. The highest BCUT2D eigenvalue weighted by molar-refractivity contribution is 7.89. The molecule has 7 nitrogen and oxygen atoms in total. The summed E-state index contributed by atoms with van der Waals surface area (Å²) in [6.45, 7) is 0.963. The molecule has 8 heteroatoms. The molecule has 0 saturated carbocycles. The molecule has 2 heterocycles. The lowest BCUT2D eigenvalue weighted by Gasteiger charge is -2.28. The number of methoxy groups -OCH3 is 1. The van der Waals surface area contributed by atoms with Crippen molar-refractivity contribution in [2.24, 2.45) is 5.92 Å². The van der Waals surface area contributed by atoms with E-state index in [1.165, 1.54) is 20.0 Å². The number of piperidine rings is 1. The molecule has 2 fully saturated rings. The maximum absolute atomic E-state index is 12.2. The molecule has 3 N–H and O–H groups in total. The van der Waals surface area contributed by atoms with Crippen molar-refractivity contribution >= 4 is 15.9 Å². The standard InChI is InChI=1S/C19H29N3O4S/c1-26-9-8-21-27(24,25)18-6-2-14(3-7-18)13-20-19(23)12-15-10-16-4-5-17(11-15)22-16/h2-3,6-7,15-17,21-22H,4-5,8-13H2,1H3,(H,20,23). The Hall–Kier alpha value is -1.48. The molecule has 0 spiro atoms. The Balaban J connectivity index is 1.45. The van der Waals surface area contributed by atoms with Gasteiger partial charge in [-0.05, 0) is 49.3 Å². The van der Waals surface area contributed by atoms with Crippen LogP contribution in [0.1, 0.15) is 37.7 Å². The first-order valence-corrected chi connectivity index (χ1v) is 11.0. The second-order valence-electron chi connectivity index (χ2n) is 7.49. The number of sulfonamides is 1. The zero-order chi connectivity index (χ0) is 19.3. The topological polar surface area (TPSA) is 96.5 Å². The first-order chi connectivity index (χ1) is 13.0. The van der Waals surface area contributed by atoms with Gasteiger partial charge in [0.15, 0.2) is 0 Å². The highest BCUT2D eigenvalue weighted by atomic mass is 32.2. The van der Waals surface area contributed by atoms with Crippen LogP contribution in [0.5, 0.6) is 0 Å². The number of carbonyl (C=O) groups is 1. The van der Waals surface area contributed by atoms with Crippen molar-refractivity contribution in [2.75, 3.05) is 20.3 Å². The highest BCUT2D eigenvalue weighted by Crippen LogP contribution is 2.32. The number of rotatable bonds is 9. The minimum Gasteiger partial charge on any atom is -0.383 e. The lowest BCUT2D eigenvalue weighted by molar-refractivity contribution is -0.122. The van der Waals surface area contributed by atoms with Crippen LogP contribution >= 0.6 is 0 Å². The molecule has 2 atom stereocenters. The number of benzene rings is 1. The summed E-state index contributed by atoms with van der Waals surface area (Å²) in [6.07, 6.45) is 5.22. The molecule has 27 heavy (non-hydrogen) atoms. The molecule has 2 aliphatic rings. The normalized spacial score (nSPS) is 24.7. The average Bonchev–Trinajstić information content (AvgIpc) is 2.99. The van der Waals surface area contributed by atoms with E-state index in [0.717, 1.165) is 18.4 Å². The first-order valence-electron chi connectivity index (χ1n) is 9.56. The molecule has 2 unspecified atom stereocenters. The summed E-state index contributed by atoms with van der Waals surface area (Å²) in [5, 5.41) is 6.55. The van der Waals surface area contributed by atoms with E-state index < -0.39 is 10.0 Å². The molecule has 0 aliphatic carbocycles. The summed E-state index contributed by atoms with van der Waals surface area (Å²) >= 11 is 0. The van der Waals surface area contributed by atoms with Gasteiger partial charge in [-0.2, -0.15) is 0 Å². The monoisotopic (exact) mass is 395 g/mol. The largest absolute Gasteiger partial charge is 0.383 e. The van der Waals surface area contributed by atoms with Crippen LogP contribution < -0.4 is 15.4 Å². The number of hydrogen-bond donors (Lipinski definition) is 3. The minimum atomic E-state index is -3.53. The number of amides is 1. The lowest BCUT2D eigenvalue weighted by Crippen LogP contribution is -2.39. The van der Waals surface area contributed by atoms with Crippen molar-refractivity contribution in [3.05, 3.63) is 29.8 Å². The van der Waals surface area contributed by atoms with Gasteiger partial charge in [0.1, 0.15) is 0 Å². The Morgan fingerprint density at radius 3 is 2.48 bits per heavy atom. The fraction of sp³-hybridized carbons (Fsp3) is 0.632. The molecule has 1 amide bonds. The summed E-state index contributed by atoms with van der Waals surface area (Å²) in [5.74, 6) is 0.536. The van der Waals surface area contributed by atoms with E-state index in [-0.39, 0.29) is 17.3 Å². The van der Waals surface area contributed by atoms with Gasteiger partial charge in [-0.3, -0.25) is 4.79 Å². The maximum Gasteiger partial charge on any atom is 0.240 e. The minimum absolute atomic E-state index is 0.0687. The SMILES string of the molecule is COCCNS(=O)(=O)c1ccc(CNC(=O)CC2CC3CCC(C2)N3)cc1. The number of fused-ring (bicyclic) bond motifs is 2. The summed E-state index contributed by atoms with van der Waals surface area (Å²) in [7, 11) is -2.01. The molecule has 2 saturated heterocycles. The molecule has 0 aromatic heterocycles. The first kappa shape index (κ1) is 20.3. The number of ether oxygens (including phenoxy) is 1. The molecule has 3 rings (SSSR count). The molecule has 1 aromatic rings. The molecular weight excluding hydrogens is 366 g/mol. The zero-order valence-electron chi connectivity index (χ0n) is 15.7. The molecule has 2 bridgehead atoms. The van der Waals surface area contributed by atoms with Gasteiger partial charge in [0.05, 0.1) is 11.5 Å². The Morgan fingerprint density at radius 2 is 1.85 bits per heavy atom. The third kappa shape index (κ3) is 5.75. The Kier molecular flexibility index (Phi) is 6.86. The predicted octanol–water partition coefficient (Wildman–Crippen LogP) is 1.15. The van der Waals surface area contributed by atoms with Gasteiger partial charge in [0, 0.05) is 38.7 Å². The fourth-order valence-electron chi connectivity index (χ4n) is 4.02. The number of carbonyl (C=O) groups excluding carboxylic acids is 1. The van der Waals surface area contributed by atoms with Crippen LogP contribution in [0.25, 0.3) is 0 Å². The van der Waals surface area contributed by atoms with Gasteiger partial charge in [-0.1, -0.05) is 12.1 Å². The van der Waals surface area contributed by atoms with Crippen molar-refractivity contribution in [2.45, 2.75) is 55.6 Å². The predicted molar refractivity (Wildman–Crippen MR) is 103 cm³/mol. The second-order valence-corrected chi connectivity index (χ2v) is 9.26. The second kappa shape index (κ2) is 9.14. The summed E-state index contributed by atoms with van der Waals surface area (Å²) < 4.78 is 31.6. The number of hydrogen-bond acceptors (Lipinski definition) is 5. The molecule has 1 aromatic carbocycles. The third-order valence-electron chi connectivity index (χ3n) is 5.37. The van der Waals surface area contributed by atoms with E-state index in [1.807, 2.05) is 0 Å². The third-order valence-corrected chi connectivity index (χ3v) is 6.84.